The van der Waals surface area contributed by atoms with E-state index in [1.165, 1.54) is 0 Å². The van der Waals surface area contributed by atoms with Crippen LogP contribution in [0.25, 0.3) is 0 Å². The molecule has 0 atom stereocenters. The van der Waals surface area contributed by atoms with E-state index in [9.17, 15) is 52.8 Å². The molecule has 0 aromatic heterocycles. The van der Waals surface area contributed by atoms with Gasteiger partial charge in [-0.3, -0.25) is 0 Å². The van der Waals surface area contributed by atoms with E-state index in [1.807, 2.05) is 0 Å². The fourth-order valence-corrected chi connectivity index (χ4v) is 4.20. The molecule has 0 bridgehead atoms. The molecule has 0 saturated heterocycles. The third kappa shape index (κ3) is 3.33. The lowest BCUT2D eigenvalue weighted by Crippen LogP contribution is -2.31. The van der Waals surface area contributed by atoms with Gasteiger partial charge in [0.2, 0.25) is 0 Å². The van der Waals surface area contributed by atoms with Gasteiger partial charge in [0.05, 0.1) is 16.0 Å². The number of hydrogen-bond donors (Lipinski definition) is 2. The molecule has 0 spiro atoms. The summed E-state index contributed by atoms with van der Waals surface area (Å²) < 4.78 is 122. The number of carbonyl (C=O) groups is 2. The molecular formula is C10H4F6O8S2. The zero-order valence-corrected chi connectivity index (χ0v) is 13.2. The third-order valence-electron chi connectivity index (χ3n) is 2.73. The Morgan fingerprint density at radius 1 is 0.769 bits per heavy atom. The number of alkyl halides is 6. The molecule has 0 fully saturated rings. The molecule has 0 amide bonds. The van der Waals surface area contributed by atoms with Crippen molar-refractivity contribution in [3.8, 4) is 0 Å². The molecule has 0 aliphatic heterocycles. The van der Waals surface area contributed by atoms with Gasteiger partial charge in [-0.25, -0.2) is 26.4 Å². The van der Waals surface area contributed by atoms with Crippen LogP contribution >= 0.6 is 0 Å². The molecule has 8 nitrogen and oxygen atoms in total. The normalized spacial score (nSPS) is 13.5. The number of carboxylic acid groups (broad SMARTS) is 2. The highest BCUT2D eigenvalue weighted by Gasteiger charge is 2.56. The summed E-state index contributed by atoms with van der Waals surface area (Å²) in [5, 5.41) is 17.6. The molecule has 146 valence electrons. The van der Waals surface area contributed by atoms with Gasteiger partial charge in [-0.2, -0.15) is 26.3 Å². The summed E-state index contributed by atoms with van der Waals surface area (Å²) >= 11 is 0. The van der Waals surface area contributed by atoms with E-state index < -0.39 is 63.5 Å². The van der Waals surface area contributed by atoms with Crippen molar-refractivity contribution in [2.24, 2.45) is 0 Å². The zero-order valence-electron chi connectivity index (χ0n) is 11.6. The van der Waals surface area contributed by atoms with Crippen LogP contribution in [0.15, 0.2) is 21.9 Å². The Hall–Kier alpha value is -2.36. The highest BCUT2D eigenvalue weighted by Crippen LogP contribution is 2.41. The predicted octanol–water partition coefficient (Wildman–Crippen LogP) is 1.67. The highest BCUT2D eigenvalue weighted by atomic mass is 32.2. The largest absolute Gasteiger partial charge is 0.501 e. The van der Waals surface area contributed by atoms with E-state index in [4.69, 9.17) is 10.2 Å². The van der Waals surface area contributed by atoms with E-state index in [0.29, 0.717) is 0 Å². The quantitative estimate of drug-likeness (QED) is 0.687. The maximum Gasteiger partial charge on any atom is 0.501 e. The molecule has 0 aliphatic carbocycles. The fourth-order valence-electron chi connectivity index (χ4n) is 1.67. The Bertz CT molecular complexity index is 988. The van der Waals surface area contributed by atoms with Crippen molar-refractivity contribution in [2.75, 3.05) is 0 Å². The molecule has 0 radical (unpaired) electrons. The molecule has 0 heterocycles. The molecule has 0 aliphatic rings. The highest BCUT2D eigenvalue weighted by molar-refractivity contribution is 7.95. The molecule has 2 N–H and O–H groups in total. The first-order valence-electron chi connectivity index (χ1n) is 5.63. The van der Waals surface area contributed by atoms with Crippen LogP contribution in [-0.2, 0) is 19.7 Å². The molecule has 1 rings (SSSR count). The predicted molar refractivity (Wildman–Crippen MR) is 66.8 cm³/mol. The summed E-state index contributed by atoms with van der Waals surface area (Å²) in [5.74, 6) is -5.03. The minimum Gasteiger partial charge on any atom is -0.478 e. The average Bonchev–Trinajstić information content (AvgIpc) is 2.42. The minimum atomic E-state index is -7.01. The maximum absolute atomic E-state index is 12.8. The number of aromatic carboxylic acids is 2. The van der Waals surface area contributed by atoms with Gasteiger partial charge in [0, 0.05) is 0 Å². The topological polar surface area (TPSA) is 143 Å². The zero-order chi connectivity index (χ0) is 20.9. The van der Waals surface area contributed by atoms with Crippen LogP contribution in [-0.4, -0.2) is 50.0 Å². The molecule has 1 aromatic rings. The van der Waals surface area contributed by atoms with E-state index >= 15 is 0 Å². The number of halogens is 6. The van der Waals surface area contributed by atoms with Crippen molar-refractivity contribution in [1.29, 1.82) is 0 Å². The second kappa shape index (κ2) is 6.11. The van der Waals surface area contributed by atoms with Crippen molar-refractivity contribution < 1.29 is 63.0 Å². The van der Waals surface area contributed by atoms with Gasteiger partial charge >= 0.3 is 23.0 Å². The first-order valence-corrected chi connectivity index (χ1v) is 8.60. The lowest BCUT2D eigenvalue weighted by Gasteiger charge is -2.17. The van der Waals surface area contributed by atoms with Crippen LogP contribution in [0.3, 0.4) is 0 Å². The Labute approximate surface area is 139 Å². The van der Waals surface area contributed by atoms with Crippen molar-refractivity contribution in [3.63, 3.8) is 0 Å². The maximum atomic E-state index is 12.8. The van der Waals surface area contributed by atoms with Gasteiger partial charge in [0.25, 0.3) is 19.7 Å². The SMILES string of the molecule is O=C(O)c1ccc(S(=O)(=O)C(F)(F)F)c(S(=O)(=O)C(F)(F)F)c1C(=O)O. The molecular weight excluding hydrogens is 426 g/mol. The summed E-state index contributed by atoms with van der Waals surface area (Å²) in [6.07, 6.45) is 0. The van der Waals surface area contributed by atoms with Gasteiger partial charge in [0.15, 0.2) is 0 Å². The summed E-state index contributed by atoms with van der Waals surface area (Å²) in [6.45, 7) is 0. The molecule has 1 aromatic carbocycles. The van der Waals surface area contributed by atoms with Crippen LogP contribution in [0, 0.1) is 0 Å². The lowest BCUT2D eigenvalue weighted by atomic mass is 10.1. The Balaban J connectivity index is 4.34. The lowest BCUT2D eigenvalue weighted by molar-refractivity contribution is -0.0457. The standard InChI is InChI=1S/C10H4F6O8S2/c11-9(12,13)25(21,22)4-2-1-3(7(17)18)5(8(19)20)6(4)26(23,24)10(14,15)16/h1-2H,(H,17,18)(H,19,20). The van der Waals surface area contributed by atoms with Crippen LogP contribution in [0.5, 0.6) is 0 Å². The Morgan fingerprint density at radius 2 is 1.19 bits per heavy atom. The number of rotatable bonds is 4. The van der Waals surface area contributed by atoms with Crippen LogP contribution in [0.1, 0.15) is 20.7 Å². The van der Waals surface area contributed by atoms with Crippen LogP contribution < -0.4 is 0 Å². The van der Waals surface area contributed by atoms with Crippen LogP contribution in [0.4, 0.5) is 26.3 Å². The van der Waals surface area contributed by atoms with E-state index in [0.717, 1.165) is 0 Å². The van der Waals surface area contributed by atoms with Crippen molar-refractivity contribution >= 4 is 31.6 Å². The number of carboxylic acids is 2. The average molecular weight is 430 g/mol. The smallest absolute Gasteiger partial charge is 0.478 e. The molecule has 16 heteroatoms. The molecule has 26 heavy (non-hydrogen) atoms. The first kappa shape index (κ1) is 21.7. The monoisotopic (exact) mass is 430 g/mol. The number of benzene rings is 1. The number of sulfone groups is 2. The van der Waals surface area contributed by atoms with Gasteiger partial charge in [-0.15, -0.1) is 0 Å². The fraction of sp³-hybridized carbons (Fsp3) is 0.200. The van der Waals surface area contributed by atoms with Crippen LogP contribution in [0.2, 0.25) is 0 Å². The van der Waals surface area contributed by atoms with E-state index in [2.05, 4.69) is 0 Å². The van der Waals surface area contributed by atoms with Crippen molar-refractivity contribution in [2.45, 2.75) is 20.8 Å². The second-order valence-electron chi connectivity index (χ2n) is 4.32. The first-order chi connectivity index (χ1) is 11.4. The van der Waals surface area contributed by atoms with E-state index in [1.54, 1.807) is 0 Å². The summed E-state index contributed by atoms with van der Waals surface area (Å²) in [7, 11) is -13.8. The Kier molecular flexibility index (Phi) is 5.10. The summed E-state index contributed by atoms with van der Waals surface area (Å²) in [5.41, 5.74) is -16.7. The van der Waals surface area contributed by atoms with E-state index in [-0.39, 0.29) is 12.1 Å². The number of hydrogen-bond acceptors (Lipinski definition) is 6. The van der Waals surface area contributed by atoms with Gasteiger partial charge in [-0.05, 0) is 12.1 Å². The summed E-state index contributed by atoms with van der Waals surface area (Å²) in [6, 6.07) is -0.447. The summed E-state index contributed by atoms with van der Waals surface area (Å²) in [4.78, 5) is 16.6. The third-order valence-corrected chi connectivity index (χ3v) is 5.96. The molecule has 0 saturated carbocycles. The Morgan fingerprint density at radius 3 is 1.50 bits per heavy atom. The van der Waals surface area contributed by atoms with Crippen molar-refractivity contribution in [3.05, 3.63) is 23.3 Å². The van der Waals surface area contributed by atoms with Gasteiger partial charge < -0.3 is 10.2 Å². The molecule has 0 unspecified atom stereocenters. The minimum absolute atomic E-state index is 0.0696. The second-order valence-corrected chi connectivity index (χ2v) is 8.11. The van der Waals surface area contributed by atoms with Gasteiger partial charge in [-0.1, -0.05) is 0 Å². The van der Waals surface area contributed by atoms with Crippen molar-refractivity contribution in [1.82, 2.24) is 0 Å². The van der Waals surface area contributed by atoms with Gasteiger partial charge in [0.1, 0.15) is 4.90 Å².